The molecule has 0 bridgehead atoms. The van der Waals surface area contributed by atoms with E-state index in [0.717, 1.165) is 38.4 Å². The summed E-state index contributed by atoms with van der Waals surface area (Å²) in [5, 5.41) is 3.43. The van der Waals surface area contributed by atoms with Crippen molar-refractivity contribution in [2.45, 2.75) is 19.8 Å². The van der Waals surface area contributed by atoms with Gasteiger partial charge in [0.15, 0.2) is 0 Å². The highest BCUT2D eigenvalue weighted by molar-refractivity contribution is 5.27. The standard InChI is InChI=1S/C15H26N2O/c1-14-7-4-8-15(13-14)18-12-6-10-16-9-5-11-17(2)3/h4,7-8,13,16H,5-6,9-12H2,1-3H3. The van der Waals surface area contributed by atoms with Gasteiger partial charge in [-0.1, -0.05) is 12.1 Å². The fraction of sp³-hybridized carbons (Fsp3) is 0.600. The molecule has 0 aliphatic rings. The Kier molecular flexibility index (Phi) is 7.46. The lowest BCUT2D eigenvalue weighted by atomic mass is 10.2. The number of hydrogen-bond donors (Lipinski definition) is 1. The number of rotatable bonds is 9. The van der Waals surface area contributed by atoms with Crippen LogP contribution < -0.4 is 10.1 Å². The molecule has 0 saturated carbocycles. The molecule has 0 spiro atoms. The zero-order chi connectivity index (χ0) is 13.2. The van der Waals surface area contributed by atoms with E-state index in [2.05, 4.69) is 43.4 Å². The van der Waals surface area contributed by atoms with E-state index in [1.807, 2.05) is 12.1 Å². The molecule has 1 rings (SSSR count). The Morgan fingerprint density at radius 3 is 2.67 bits per heavy atom. The van der Waals surface area contributed by atoms with Crippen molar-refractivity contribution < 1.29 is 4.74 Å². The molecule has 0 aliphatic heterocycles. The second kappa shape index (κ2) is 8.95. The predicted octanol–water partition coefficient (Wildman–Crippen LogP) is 2.31. The zero-order valence-corrected chi connectivity index (χ0v) is 11.9. The van der Waals surface area contributed by atoms with Crippen LogP contribution in [0.2, 0.25) is 0 Å². The molecule has 0 atom stereocenters. The fourth-order valence-electron chi connectivity index (χ4n) is 1.74. The second-order valence-corrected chi connectivity index (χ2v) is 4.93. The molecule has 0 aromatic heterocycles. The van der Waals surface area contributed by atoms with Crippen LogP contribution in [0.3, 0.4) is 0 Å². The summed E-state index contributed by atoms with van der Waals surface area (Å²) in [5.74, 6) is 0.975. The van der Waals surface area contributed by atoms with Crippen molar-refractivity contribution in [2.24, 2.45) is 0 Å². The van der Waals surface area contributed by atoms with Crippen LogP contribution in [-0.4, -0.2) is 45.2 Å². The first-order valence-corrected chi connectivity index (χ1v) is 6.73. The van der Waals surface area contributed by atoms with Gasteiger partial charge in [-0.15, -0.1) is 0 Å². The van der Waals surface area contributed by atoms with Crippen LogP contribution in [-0.2, 0) is 0 Å². The van der Waals surface area contributed by atoms with Gasteiger partial charge in [0.2, 0.25) is 0 Å². The first-order chi connectivity index (χ1) is 8.68. The number of aryl methyl sites for hydroxylation is 1. The summed E-state index contributed by atoms with van der Waals surface area (Å²) < 4.78 is 5.68. The third-order valence-electron chi connectivity index (χ3n) is 2.72. The van der Waals surface area contributed by atoms with Gasteiger partial charge in [-0.3, -0.25) is 0 Å². The first-order valence-electron chi connectivity index (χ1n) is 6.73. The van der Waals surface area contributed by atoms with E-state index >= 15 is 0 Å². The maximum absolute atomic E-state index is 5.68. The van der Waals surface area contributed by atoms with Gasteiger partial charge >= 0.3 is 0 Å². The Bertz CT molecular complexity index is 326. The molecule has 1 aromatic carbocycles. The summed E-state index contributed by atoms with van der Waals surface area (Å²) in [7, 11) is 4.21. The highest BCUT2D eigenvalue weighted by atomic mass is 16.5. The molecular formula is C15H26N2O. The smallest absolute Gasteiger partial charge is 0.119 e. The molecule has 1 aromatic rings. The van der Waals surface area contributed by atoms with Crippen LogP contribution in [0.15, 0.2) is 24.3 Å². The predicted molar refractivity (Wildman–Crippen MR) is 77.3 cm³/mol. The van der Waals surface area contributed by atoms with Crippen molar-refractivity contribution in [2.75, 3.05) is 40.3 Å². The molecule has 1 N–H and O–H groups in total. The van der Waals surface area contributed by atoms with Gasteiger partial charge in [0.05, 0.1) is 6.61 Å². The monoisotopic (exact) mass is 250 g/mol. The molecule has 18 heavy (non-hydrogen) atoms. The van der Waals surface area contributed by atoms with Crippen molar-refractivity contribution in [3.8, 4) is 5.75 Å². The SMILES string of the molecule is Cc1cccc(OCCCNCCCN(C)C)c1. The van der Waals surface area contributed by atoms with Gasteiger partial charge in [0.25, 0.3) is 0 Å². The van der Waals surface area contributed by atoms with Crippen LogP contribution in [0.5, 0.6) is 5.75 Å². The van der Waals surface area contributed by atoms with Crippen LogP contribution in [0, 0.1) is 6.92 Å². The normalized spacial score (nSPS) is 10.9. The minimum absolute atomic E-state index is 0.782. The van der Waals surface area contributed by atoms with Gasteiger partial charge in [0, 0.05) is 0 Å². The average Bonchev–Trinajstić information content (AvgIpc) is 2.32. The number of benzene rings is 1. The molecule has 3 heteroatoms. The molecular weight excluding hydrogens is 224 g/mol. The Labute approximate surface area is 111 Å². The van der Waals surface area contributed by atoms with E-state index in [1.54, 1.807) is 0 Å². The van der Waals surface area contributed by atoms with Crippen LogP contribution in [0.25, 0.3) is 0 Å². The minimum Gasteiger partial charge on any atom is -0.494 e. The topological polar surface area (TPSA) is 24.5 Å². The summed E-state index contributed by atoms with van der Waals surface area (Å²) >= 11 is 0. The maximum Gasteiger partial charge on any atom is 0.119 e. The largest absolute Gasteiger partial charge is 0.494 e. The van der Waals surface area contributed by atoms with E-state index in [4.69, 9.17) is 4.74 Å². The lowest BCUT2D eigenvalue weighted by Crippen LogP contribution is -2.23. The number of nitrogens with zero attached hydrogens (tertiary/aromatic N) is 1. The molecule has 3 nitrogen and oxygen atoms in total. The summed E-state index contributed by atoms with van der Waals surface area (Å²) in [6.07, 6.45) is 2.25. The molecule has 0 fully saturated rings. The zero-order valence-electron chi connectivity index (χ0n) is 11.9. The van der Waals surface area contributed by atoms with Crippen molar-refractivity contribution in [3.63, 3.8) is 0 Å². The molecule has 0 amide bonds. The average molecular weight is 250 g/mol. The molecule has 0 saturated heterocycles. The maximum atomic E-state index is 5.68. The van der Waals surface area contributed by atoms with Crippen molar-refractivity contribution in [3.05, 3.63) is 29.8 Å². The van der Waals surface area contributed by atoms with Crippen LogP contribution in [0.4, 0.5) is 0 Å². The van der Waals surface area contributed by atoms with E-state index < -0.39 is 0 Å². The molecule has 0 heterocycles. The third kappa shape index (κ3) is 7.30. The Morgan fingerprint density at radius 1 is 1.17 bits per heavy atom. The molecule has 0 aliphatic carbocycles. The van der Waals surface area contributed by atoms with Gasteiger partial charge in [-0.05, 0) is 71.2 Å². The van der Waals surface area contributed by atoms with Crippen LogP contribution in [0.1, 0.15) is 18.4 Å². The van der Waals surface area contributed by atoms with Gasteiger partial charge in [-0.25, -0.2) is 0 Å². The van der Waals surface area contributed by atoms with E-state index in [0.29, 0.717) is 0 Å². The van der Waals surface area contributed by atoms with Gasteiger partial charge in [-0.2, -0.15) is 0 Å². The Hall–Kier alpha value is -1.06. The highest BCUT2D eigenvalue weighted by Gasteiger charge is 1.94. The summed E-state index contributed by atoms with van der Waals surface area (Å²) in [6, 6.07) is 8.20. The molecule has 0 radical (unpaired) electrons. The lowest BCUT2D eigenvalue weighted by Gasteiger charge is -2.10. The summed E-state index contributed by atoms with van der Waals surface area (Å²) in [6.45, 7) is 6.12. The number of hydrogen-bond acceptors (Lipinski definition) is 3. The Balaban J connectivity index is 1.96. The van der Waals surface area contributed by atoms with Gasteiger partial charge < -0.3 is 15.0 Å². The lowest BCUT2D eigenvalue weighted by molar-refractivity contribution is 0.307. The minimum atomic E-state index is 0.782. The van der Waals surface area contributed by atoms with Crippen LogP contribution >= 0.6 is 0 Å². The number of ether oxygens (including phenoxy) is 1. The summed E-state index contributed by atoms with van der Waals surface area (Å²) in [5.41, 5.74) is 1.24. The quantitative estimate of drug-likeness (QED) is 0.681. The third-order valence-corrected chi connectivity index (χ3v) is 2.72. The Morgan fingerprint density at radius 2 is 1.94 bits per heavy atom. The highest BCUT2D eigenvalue weighted by Crippen LogP contribution is 2.12. The number of nitrogens with one attached hydrogen (secondary N) is 1. The summed E-state index contributed by atoms with van der Waals surface area (Å²) in [4.78, 5) is 2.21. The fourth-order valence-corrected chi connectivity index (χ4v) is 1.74. The van der Waals surface area contributed by atoms with Crippen molar-refractivity contribution >= 4 is 0 Å². The van der Waals surface area contributed by atoms with E-state index in [1.165, 1.54) is 12.0 Å². The van der Waals surface area contributed by atoms with Crippen molar-refractivity contribution in [1.82, 2.24) is 10.2 Å². The van der Waals surface area contributed by atoms with Crippen molar-refractivity contribution in [1.29, 1.82) is 0 Å². The van der Waals surface area contributed by atoms with Gasteiger partial charge in [0.1, 0.15) is 5.75 Å². The molecule has 102 valence electrons. The van der Waals surface area contributed by atoms with E-state index in [9.17, 15) is 0 Å². The molecule has 0 unspecified atom stereocenters. The second-order valence-electron chi connectivity index (χ2n) is 4.93. The first kappa shape index (κ1) is 15.0. The van der Waals surface area contributed by atoms with E-state index in [-0.39, 0.29) is 0 Å².